The number of carbonyl (C=O) groups is 1. The molecule has 1 amide bonds. The van der Waals surface area contributed by atoms with Crippen molar-refractivity contribution in [1.82, 2.24) is 0 Å². The SMILES string of the molecule is CCc1ccccc1NC(=O)CSc1ccc(Cl)c(C(F)(F)F)c1. The van der Waals surface area contributed by atoms with Gasteiger partial charge in [0, 0.05) is 10.6 Å². The first-order valence-electron chi connectivity index (χ1n) is 7.18. The fourth-order valence-corrected chi connectivity index (χ4v) is 3.06. The van der Waals surface area contributed by atoms with Gasteiger partial charge in [-0.15, -0.1) is 11.8 Å². The molecular weight excluding hydrogens is 359 g/mol. The lowest BCUT2D eigenvalue weighted by molar-refractivity contribution is -0.137. The second kappa shape index (κ2) is 7.94. The van der Waals surface area contributed by atoms with Crippen LogP contribution in [0.4, 0.5) is 18.9 Å². The molecule has 0 radical (unpaired) electrons. The molecule has 0 saturated heterocycles. The van der Waals surface area contributed by atoms with Crippen LogP contribution in [0.3, 0.4) is 0 Å². The zero-order valence-electron chi connectivity index (χ0n) is 12.8. The third kappa shape index (κ3) is 4.92. The van der Waals surface area contributed by atoms with Crippen molar-refractivity contribution in [1.29, 1.82) is 0 Å². The van der Waals surface area contributed by atoms with E-state index in [1.165, 1.54) is 12.1 Å². The number of hydrogen-bond acceptors (Lipinski definition) is 2. The molecule has 0 atom stereocenters. The number of amides is 1. The van der Waals surface area contributed by atoms with E-state index in [0.717, 1.165) is 35.5 Å². The lowest BCUT2D eigenvalue weighted by atomic mass is 10.1. The smallest absolute Gasteiger partial charge is 0.325 e. The molecule has 0 unspecified atom stereocenters. The van der Waals surface area contributed by atoms with E-state index in [-0.39, 0.29) is 16.7 Å². The number of aryl methyl sites for hydroxylation is 1. The minimum Gasteiger partial charge on any atom is -0.325 e. The van der Waals surface area contributed by atoms with Crippen LogP contribution in [-0.4, -0.2) is 11.7 Å². The molecule has 0 fully saturated rings. The van der Waals surface area contributed by atoms with Crippen molar-refractivity contribution in [2.45, 2.75) is 24.4 Å². The second-order valence-corrected chi connectivity index (χ2v) is 6.44. The predicted molar refractivity (Wildman–Crippen MR) is 91.6 cm³/mol. The molecule has 0 aromatic heterocycles. The Kier molecular flexibility index (Phi) is 6.18. The van der Waals surface area contributed by atoms with Crippen molar-refractivity contribution in [3.05, 3.63) is 58.6 Å². The molecule has 128 valence electrons. The number of nitrogens with one attached hydrogen (secondary N) is 1. The fraction of sp³-hybridized carbons (Fsp3) is 0.235. The van der Waals surface area contributed by atoms with Gasteiger partial charge in [-0.3, -0.25) is 4.79 Å². The first-order valence-corrected chi connectivity index (χ1v) is 8.55. The average Bonchev–Trinajstić information content (AvgIpc) is 2.53. The molecule has 0 aliphatic rings. The number of rotatable bonds is 5. The quantitative estimate of drug-likeness (QED) is 0.686. The Balaban J connectivity index is 2.02. The number of halogens is 4. The highest BCUT2D eigenvalue weighted by Crippen LogP contribution is 2.37. The van der Waals surface area contributed by atoms with E-state index in [9.17, 15) is 18.0 Å². The van der Waals surface area contributed by atoms with Crippen LogP contribution in [0.1, 0.15) is 18.1 Å². The van der Waals surface area contributed by atoms with Crippen molar-refractivity contribution in [2.75, 3.05) is 11.1 Å². The van der Waals surface area contributed by atoms with Gasteiger partial charge in [0.05, 0.1) is 16.3 Å². The van der Waals surface area contributed by atoms with E-state index in [2.05, 4.69) is 5.32 Å². The Morgan fingerprint density at radius 1 is 1.21 bits per heavy atom. The number of anilines is 1. The van der Waals surface area contributed by atoms with Gasteiger partial charge in [-0.25, -0.2) is 0 Å². The van der Waals surface area contributed by atoms with Crippen LogP contribution >= 0.6 is 23.4 Å². The lowest BCUT2D eigenvalue weighted by Crippen LogP contribution is -2.15. The van der Waals surface area contributed by atoms with Crippen LogP contribution in [0.2, 0.25) is 5.02 Å². The van der Waals surface area contributed by atoms with Crippen molar-refractivity contribution in [3.63, 3.8) is 0 Å². The minimum atomic E-state index is -4.52. The van der Waals surface area contributed by atoms with Gasteiger partial charge in [-0.05, 0) is 36.2 Å². The van der Waals surface area contributed by atoms with E-state index in [1.54, 1.807) is 6.07 Å². The van der Waals surface area contributed by atoms with Gasteiger partial charge in [-0.1, -0.05) is 36.7 Å². The average molecular weight is 374 g/mol. The molecule has 0 spiro atoms. The summed E-state index contributed by atoms with van der Waals surface area (Å²) in [7, 11) is 0. The van der Waals surface area contributed by atoms with Gasteiger partial charge in [-0.2, -0.15) is 13.2 Å². The summed E-state index contributed by atoms with van der Waals surface area (Å²) in [5.74, 6) is -0.263. The third-order valence-corrected chi connectivity index (χ3v) is 4.61. The Labute approximate surface area is 147 Å². The first kappa shape index (κ1) is 18.7. The normalized spacial score (nSPS) is 11.4. The van der Waals surface area contributed by atoms with E-state index in [4.69, 9.17) is 11.6 Å². The van der Waals surface area contributed by atoms with E-state index < -0.39 is 11.7 Å². The monoisotopic (exact) mass is 373 g/mol. The first-order chi connectivity index (χ1) is 11.3. The van der Waals surface area contributed by atoms with Crippen molar-refractivity contribution >= 4 is 35.0 Å². The number of alkyl halides is 3. The zero-order valence-corrected chi connectivity index (χ0v) is 14.4. The Bertz CT molecular complexity index is 734. The molecule has 2 aromatic carbocycles. The lowest BCUT2D eigenvalue weighted by Gasteiger charge is -2.11. The number of benzene rings is 2. The molecule has 7 heteroatoms. The van der Waals surface area contributed by atoms with Crippen LogP contribution in [0.5, 0.6) is 0 Å². The molecule has 2 nitrogen and oxygen atoms in total. The highest BCUT2D eigenvalue weighted by molar-refractivity contribution is 8.00. The van der Waals surface area contributed by atoms with Gasteiger partial charge in [0.15, 0.2) is 0 Å². The Morgan fingerprint density at radius 2 is 1.92 bits per heavy atom. The summed E-state index contributed by atoms with van der Waals surface area (Å²) in [5.41, 5.74) is 0.824. The minimum absolute atomic E-state index is 0.0109. The summed E-state index contributed by atoms with van der Waals surface area (Å²) < 4.78 is 38.5. The van der Waals surface area contributed by atoms with E-state index in [1.807, 2.05) is 25.1 Å². The summed E-state index contributed by atoms with van der Waals surface area (Å²) in [4.78, 5) is 12.4. The van der Waals surface area contributed by atoms with Crippen LogP contribution in [0.25, 0.3) is 0 Å². The number of hydrogen-bond donors (Lipinski definition) is 1. The Morgan fingerprint density at radius 3 is 2.58 bits per heavy atom. The third-order valence-electron chi connectivity index (χ3n) is 3.29. The van der Waals surface area contributed by atoms with E-state index in [0.29, 0.717) is 4.90 Å². The van der Waals surface area contributed by atoms with Gasteiger partial charge in [0.2, 0.25) is 5.91 Å². The standard InChI is InChI=1S/C17H15ClF3NOS/c1-2-11-5-3-4-6-15(11)22-16(23)10-24-12-7-8-14(18)13(9-12)17(19,20)21/h3-9H,2,10H2,1H3,(H,22,23). The molecule has 2 rings (SSSR count). The molecule has 1 N–H and O–H groups in total. The zero-order chi connectivity index (χ0) is 17.7. The fourth-order valence-electron chi connectivity index (χ4n) is 2.10. The molecule has 24 heavy (non-hydrogen) atoms. The van der Waals surface area contributed by atoms with Crippen LogP contribution in [-0.2, 0) is 17.4 Å². The summed E-state index contributed by atoms with van der Waals surface area (Å²) >= 11 is 6.61. The largest absolute Gasteiger partial charge is 0.417 e. The number of thioether (sulfide) groups is 1. The van der Waals surface area contributed by atoms with Gasteiger partial charge >= 0.3 is 6.18 Å². The molecule has 2 aromatic rings. The summed E-state index contributed by atoms with van der Waals surface area (Å²) in [6.07, 6.45) is -3.74. The van der Waals surface area contributed by atoms with Gasteiger partial charge in [0.1, 0.15) is 0 Å². The van der Waals surface area contributed by atoms with Crippen molar-refractivity contribution in [2.24, 2.45) is 0 Å². The van der Waals surface area contributed by atoms with Crippen LogP contribution in [0, 0.1) is 0 Å². The molecule has 0 aliphatic carbocycles. The van der Waals surface area contributed by atoms with Crippen molar-refractivity contribution in [3.8, 4) is 0 Å². The number of carbonyl (C=O) groups excluding carboxylic acids is 1. The van der Waals surface area contributed by atoms with Crippen LogP contribution < -0.4 is 5.32 Å². The highest BCUT2D eigenvalue weighted by atomic mass is 35.5. The summed E-state index contributed by atoms with van der Waals surface area (Å²) in [5, 5.41) is 2.43. The van der Waals surface area contributed by atoms with Gasteiger partial charge < -0.3 is 5.32 Å². The number of para-hydroxylation sites is 1. The maximum absolute atomic E-state index is 12.8. The van der Waals surface area contributed by atoms with E-state index >= 15 is 0 Å². The molecule has 0 bridgehead atoms. The summed E-state index contributed by atoms with van der Waals surface area (Å²) in [6, 6.07) is 11.0. The molecule has 0 heterocycles. The Hall–Kier alpha value is -1.66. The molecule has 0 aliphatic heterocycles. The molecular formula is C17H15ClF3NOS. The highest BCUT2D eigenvalue weighted by Gasteiger charge is 2.33. The van der Waals surface area contributed by atoms with Gasteiger partial charge in [0.25, 0.3) is 0 Å². The predicted octanol–water partition coefficient (Wildman–Crippen LogP) is 5.65. The maximum Gasteiger partial charge on any atom is 0.417 e. The molecule has 0 saturated carbocycles. The maximum atomic E-state index is 12.8. The van der Waals surface area contributed by atoms with Crippen LogP contribution in [0.15, 0.2) is 47.4 Å². The summed E-state index contributed by atoms with van der Waals surface area (Å²) in [6.45, 7) is 1.98. The second-order valence-electron chi connectivity index (χ2n) is 4.99. The topological polar surface area (TPSA) is 29.1 Å². The van der Waals surface area contributed by atoms with Crippen molar-refractivity contribution < 1.29 is 18.0 Å².